The van der Waals surface area contributed by atoms with Gasteiger partial charge in [-0.25, -0.2) is 4.79 Å². The van der Waals surface area contributed by atoms with Crippen LogP contribution in [0, 0.1) is 5.92 Å². The number of carboxylic acid groups (broad SMARTS) is 1. The maximum absolute atomic E-state index is 13.4. The summed E-state index contributed by atoms with van der Waals surface area (Å²) < 4.78 is 0. The summed E-state index contributed by atoms with van der Waals surface area (Å²) in [7, 11) is 0. The number of rotatable bonds is 18. The summed E-state index contributed by atoms with van der Waals surface area (Å²) in [6.45, 7) is 3.86. The Kier molecular flexibility index (Phi) is 14.7. The zero-order valence-corrected chi connectivity index (χ0v) is 23.0. The van der Waals surface area contributed by atoms with Crippen LogP contribution >= 0.6 is 0 Å². The van der Waals surface area contributed by atoms with Crippen molar-refractivity contribution in [2.75, 3.05) is 6.54 Å². The van der Waals surface area contributed by atoms with Crippen LogP contribution in [0.5, 0.6) is 0 Å². The fourth-order valence-electron chi connectivity index (χ4n) is 3.70. The number of hydrogen-bond acceptors (Lipinski definition) is 7. The molecule has 0 saturated carbocycles. The lowest BCUT2D eigenvalue weighted by Crippen LogP contribution is -2.58. The molecule has 0 saturated heterocycles. The van der Waals surface area contributed by atoms with Gasteiger partial charge in [-0.15, -0.1) is 0 Å². The van der Waals surface area contributed by atoms with Crippen LogP contribution in [0.4, 0.5) is 0 Å². The van der Waals surface area contributed by atoms with Crippen LogP contribution in [-0.2, 0) is 30.4 Å². The molecule has 222 valence electrons. The Morgan fingerprint density at radius 1 is 0.875 bits per heavy atom. The monoisotopic (exact) mass is 562 g/mol. The van der Waals surface area contributed by atoms with Gasteiger partial charge in [-0.3, -0.25) is 24.2 Å². The van der Waals surface area contributed by atoms with E-state index in [1.165, 1.54) is 0 Å². The van der Waals surface area contributed by atoms with Gasteiger partial charge in [0.1, 0.15) is 18.1 Å². The molecule has 0 spiro atoms. The highest BCUT2D eigenvalue weighted by Gasteiger charge is 2.31. The van der Waals surface area contributed by atoms with Crippen molar-refractivity contribution >= 4 is 35.6 Å². The quantitative estimate of drug-likeness (QED) is 0.0585. The lowest BCUT2D eigenvalue weighted by Gasteiger charge is -2.26. The molecule has 4 amide bonds. The summed E-state index contributed by atoms with van der Waals surface area (Å²) >= 11 is 0. The Balaban J connectivity index is 3.11. The van der Waals surface area contributed by atoms with Gasteiger partial charge in [-0.05, 0) is 30.7 Å². The number of carbonyl (C=O) groups is 5. The van der Waals surface area contributed by atoms with Gasteiger partial charge in [0.25, 0.3) is 0 Å². The molecule has 14 nitrogen and oxygen atoms in total. The van der Waals surface area contributed by atoms with Crippen molar-refractivity contribution in [1.82, 2.24) is 16.0 Å². The molecule has 0 heterocycles. The normalized spacial score (nSPS) is 14.5. The summed E-state index contributed by atoms with van der Waals surface area (Å²) in [6, 6.07) is 4.33. The zero-order chi connectivity index (χ0) is 30.2. The number of nitrogens with zero attached hydrogens (tertiary/aromatic N) is 1. The SMILES string of the molecule is CCC(C)C(N)C(=O)NC(Cc1ccccc1)C(=O)NC(CCC(N)=O)C(=O)NC(CCCN=C(N)N)C(=O)O. The predicted octanol–water partition coefficient (Wildman–Crippen LogP) is -1.54. The highest BCUT2D eigenvalue weighted by molar-refractivity contribution is 5.94. The maximum atomic E-state index is 13.4. The number of carbonyl (C=O) groups excluding carboxylic acids is 4. The van der Waals surface area contributed by atoms with Gasteiger partial charge in [0.2, 0.25) is 23.6 Å². The summed E-state index contributed by atoms with van der Waals surface area (Å²) in [5, 5.41) is 17.2. The van der Waals surface area contributed by atoms with Crippen molar-refractivity contribution in [3.63, 3.8) is 0 Å². The molecular weight excluding hydrogens is 520 g/mol. The Hall–Kier alpha value is -4.20. The van der Waals surface area contributed by atoms with Gasteiger partial charge in [0, 0.05) is 19.4 Å². The maximum Gasteiger partial charge on any atom is 0.326 e. The Labute approximate surface area is 233 Å². The number of guanidine groups is 1. The molecule has 0 aliphatic heterocycles. The van der Waals surface area contributed by atoms with Crippen LogP contribution in [0.2, 0.25) is 0 Å². The second-order valence-electron chi connectivity index (χ2n) is 9.58. The second-order valence-corrected chi connectivity index (χ2v) is 9.58. The number of benzene rings is 1. The molecule has 5 atom stereocenters. The van der Waals surface area contributed by atoms with E-state index in [-0.39, 0.29) is 50.5 Å². The largest absolute Gasteiger partial charge is 0.480 e. The molecule has 0 fully saturated rings. The molecule has 14 heteroatoms. The first-order chi connectivity index (χ1) is 18.8. The summed E-state index contributed by atoms with van der Waals surface area (Å²) in [4.78, 5) is 66.2. The Bertz CT molecular complexity index is 1030. The molecule has 5 unspecified atom stereocenters. The first-order valence-electron chi connectivity index (χ1n) is 13.1. The highest BCUT2D eigenvalue weighted by atomic mass is 16.4. The minimum Gasteiger partial charge on any atom is -0.480 e. The molecule has 0 bridgehead atoms. The van der Waals surface area contributed by atoms with E-state index in [1.807, 2.05) is 13.8 Å². The lowest BCUT2D eigenvalue weighted by molar-refractivity contribution is -0.142. The molecule has 1 aromatic carbocycles. The third-order valence-electron chi connectivity index (χ3n) is 6.35. The van der Waals surface area contributed by atoms with Crippen LogP contribution in [0.1, 0.15) is 51.5 Å². The third-order valence-corrected chi connectivity index (χ3v) is 6.35. The average molecular weight is 563 g/mol. The Morgan fingerprint density at radius 2 is 1.45 bits per heavy atom. The van der Waals surface area contributed by atoms with E-state index in [0.29, 0.717) is 6.42 Å². The van der Waals surface area contributed by atoms with E-state index in [1.54, 1.807) is 30.3 Å². The van der Waals surface area contributed by atoms with E-state index >= 15 is 0 Å². The minimum atomic E-state index is -1.31. The van der Waals surface area contributed by atoms with Crippen LogP contribution < -0.4 is 38.9 Å². The van der Waals surface area contributed by atoms with E-state index in [9.17, 15) is 29.1 Å². The van der Waals surface area contributed by atoms with Gasteiger partial charge in [-0.2, -0.15) is 0 Å². The number of primary amides is 1. The van der Waals surface area contributed by atoms with Crippen molar-refractivity contribution < 1.29 is 29.1 Å². The average Bonchev–Trinajstić information content (AvgIpc) is 2.91. The van der Waals surface area contributed by atoms with Crippen LogP contribution in [0.15, 0.2) is 35.3 Å². The number of nitrogens with two attached hydrogens (primary N) is 4. The fourth-order valence-corrected chi connectivity index (χ4v) is 3.70. The van der Waals surface area contributed by atoms with Crippen LogP contribution in [0.25, 0.3) is 0 Å². The van der Waals surface area contributed by atoms with Gasteiger partial charge >= 0.3 is 5.97 Å². The fraction of sp³-hybridized carbons (Fsp3) is 0.538. The minimum absolute atomic E-state index is 0.00846. The number of carboxylic acids is 1. The molecule has 1 rings (SSSR count). The molecule has 1 aromatic rings. The topological polar surface area (TPSA) is 258 Å². The van der Waals surface area contributed by atoms with Crippen LogP contribution in [-0.4, -0.2) is 71.4 Å². The molecule has 40 heavy (non-hydrogen) atoms. The number of hydrogen-bond donors (Lipinski definition) is 8. The van der Waals surface area contributed by atoms with E-state index in [4.69, 9.17) is 22.9 Å². The number of aliphatic imine (C=N–C) groups is 1. The molecular formula is C26H42N8O6. The van der Waals surface area contributed by atoms with Gasteiger partial charge in [0.15, 0.2) is 5.96 Å². The number of amides is 4. The first-order valence-corrected chi connectivity index (χ1v) is 13.1. The molecule has 0 radical (unpaired) electrons. The summed E-state index contributed by atoms with van der Waals surface area (Å²) in [6.07, 6.45) is 0.568. The van der Waals surface area contributed by atoms with Crippen molar-refractivity contribution in [2.45, 2.75) is 76.5 Å². The number of nitrogens with one attached hydrogen (secondary N) is 3. The first kappa shape index (κ1) is 33.8. The van der Waals surface area contributed by atoms with Crippen molar-refractivity contribution in [3.8, 4) is 0 Å². The lowest BCUT2D eigenvalue weighted by atomic mass is 9.98. The highest BCUT2D eigenvalue weighted by Crippen LogP contribution is 2.09. The standard InChI is InChI=1S/C26H42N8O6/c1-3-15(2)21(28)24(38)34-19(14-16-8-5-4-6-9-16)23(37)32-17(11-12-20(27)35)22(36)33-18(25(39)40)10-7-13-31-26(29)30/h4-6,8-9,15,17-19,21H,3,7,10-14,28H2,1-2H3,(H2,27,35)(H,32,37)(H,33,36)(H,34,38)(H,39,40)(H4,29,30,31). The molecule has 0 aliphatic carbocycles. The molecule has 0 aromatic heterocycles. The molecule has 0 aliphatic rings. The van der Waals surface area contributed by atoms with Crippen molar-refractivity contribution in [2.24, 2.45) is 33.8 Å². The Morgan fingerprint density at radius 3 is 2.00 bits per heavy atom. The van der Waals surface area contributed by atoms with Gasteiger partial charge in [0.05, 0.1) is 6.04 Å². The van der Waals surface area contributed by atoms with Crippen molar-refractivity contribution in [1.29, 1.82) is 0 Å². The number of aliphatic carboxylic acids is 1. The zero-order valence-electron chi connectivity index (χ0n) is 23.0. The predicted molar refractivity (Wildman–Crippen MR) is 149 cm³/mol. The van der Waals surface area contributed by atoms with Crippen molar-refractivity contribution in [3.05, 3.63) is 35.9 Å². The molecule has 12 N–H and O–H groups in total. The summed E-state index contributed by atoms with van der Waals surface area (Å²) in [5.74, 6) is -4.38. The second kappa shape index (κ2) is 17.4. The van der Waals surface area contributed by atoms with E-state index in [0.717, 1.165) is 5.56 Å². The van der Waals surface area contributed by atoms with Gasteiger partial charge in [-0.1, -0.05) is 50.6 Å². The summed E-state index contributed by atoms with van der Waals surface area (Å²) in [5.41, 5.74) is 22.6. The van der Waals surface area contributed by atoms with E-state index < -0.39 is 53.8 Å². The van der Waals surface area contributed by atoms with E-state index in [2.05, 4.69) is 20.9 Å². The third kappa shape index (κ3) is 12.6. The van der Waals surface area contributed by atoms with Gasteiger partial charge < -0.3 is 44.0 Å². The smallest absolute Gasteiger partial charge is 0.326 e. The van der Waals surface area contributed by atoms with Crippen LogP contribution in [0.3, 0.4) is 0 Å².